The van der Waals surface area contributed by atoms with E-state index in [-0.39, 0.29) is 24.7 Å². The van der Waals surface area contributed by atoms with E-state index in [2.05, 4.69) is 12.2 Å². The third-order valence-corrected chi connectivity index (χ3v) is 3.82. The van der Waals surface area contributed by atoms with Gasteiger partial charge in [-0.05, 0) is 30.0 Å². The number of nitrogens with two attached hydrogens (primary N) is 1. The van der Waals surface area contributed by atoms with E-state index >= 15 is 0 Å². The highest BCUT2D eigenvalue weighted by atomic mass is 16.5. The van der Waals surface area contributed by atoms with Crippen molar-refractivity contribution in [2.45, 2.75) is 25.5 Å². The fourth-order valence-corrected chi connectivity index (χ4v) is 2.67. The van der Waals surface area contributed by atoms with Crippen LogP contribution in [-0.2, 0) is 9.53 Å². The molecule has 0 aromatic heterocycles. The van der Waals surface area contributed by atoms with Gasteiger partial charge in [0.25, 0.3) is 5.91 Å². The number of rotatable bonds is 2. The molecule has 0 bridgehead atoms. The molecule has 1 aromatic carbocycles. The van der Waals surface area contributed by atoms with E-state index in [1.165, 1.54) is 0 Å². The molecule has 1 aromatic rings. The molecule has 0 aliphatic carbocycles. The number of hydrogen-bond donors (Lipinski definition) is 2. The first kappa shape index (κ1) is 12.4. The summed E-state index contributed by atoms with van der Waals surface area (Å²) in [5, 5.41) is 2.80. The Hall–Kier alpha value is -1.59. The summed E-state index contributed by atoms with van der Waals surface area (Å²) >= 11 is 0. The van der Waals surface area contributed by atoms with Crippen LogP contribution in [0.2, 0.25) is 0 Å². The molecule has 0 saturated carbocycles. The number of nitrogens with one attached hydrogen (secondary N) is 1. The molecule has 1 fully saturated rings. The lowest BCUT2D eigenvalue weighted by Crippen LogP contribution is -2.30. The lowest BCUT2D eigenvalue weighted by Gasteiger charge is -2.25. The number of fused-ring (bicyclic) bond motifs is 1. The molecule has 2 aliphatic rings. The third kappa shape index (κ3) is 2.31. The third-order valence-electron chi connectivity index (χ3n) is 3.82. The minimum atomic E-state index is -0.179. The second kappa shape index (κ2) is 4.83. The first-order valence-electron chi connectivity index (χ1n) is 6.59. The van der Waals surface area contributed by atoms with Crippen molar-refractivity contribution in [2.24, 2.45) is 11.7 Å². The number of ether oxygens (including phenoxy) is 2. The number of amides is 1. The van der Waals surface area contributed by atoms with Crippen LogP contribution in [-0.4, -0.2) is 25.2 Å². The Labute approximate surface area is 112 Å². The molecule has 3 rings (SSSR count). The predicted molar refractivity (Wildman–Crippen MR) is 71.0 cm³/mol. The monoisotopic (exact) mass is 262 g/mol. The Balaban J connectivity index is 1.85. The van der Waals surface area contributed by atoms with Gasteiger partial charge >= 0.3 is 0 Å². The molecular weight excluding hydrogens is 244 g/mol. The Bertz CT molecular complexity index is 503. The van der Waals surface area contributed by atoms with Gasteiger partial charge in [0.05, 0.1) is 17.8 Å². The predicted octanol–water partition coefficient (Wildman–Crippen LogP) is 1.44. The average molecular weight is 262 g/mol. The lowest BCUT2D eigenvalue weighted by molar-refractivity contribution is -0.118. The van der Waals surface area contributed by atoms with Crippen LogP contribution in [0.15, 0.2) is 18.2 Å². The van der Waals surface area contributed by atoms with E-state index in [1.54, 1.807) is 0 Å². The van der Waals surface area contributed by atoms with Crippen LogP contribution >= 0.6 is 0 Å². The average Bonchev–Trinajstić information content (AvgIpc) is 2.83. The summed E-state index contributed by atoms with van der Waals surface area (Å²) in [5.74, 6) is 1.01. The van der Waals surface area contributed by atoms with Crippen LogP contribution in [0.3, 0.4) is 0 Å². The van der Waals surface area contributed by atoms with Gasteiger partial charge in [-0.3, -0.25) is 4.79 Å². The molecule has 0 radical (unpaired) electrons. The van der Waals surface area contributed by atoms with Gasteiger partial charge in [0.15, 0.2) is 6.61 Å². The van der Waals surface area contributed by atoms with Crippen LogP contribution < -0.4 is 15.8 Å². The molecule has 2 heterocycles. The quantitative estimate of drug-likeness (QED) is 0.846. The van der Waals surface area contributed by atoms with Gasteiger partial charge < -0.3 is 20.5 Å². The normalized spacial score (nSPS) is 27.4. The molecule has 0 spiro atoms. The van der Waals surface area contributed by atoms with Crippen molar-refractivity contribution in [3.05, 3.63) is 23.8 Å². The van der Waals surface area contributed by atoms with Gasteiger partial charge in [-0.15, -0.1) is 0 Å². The maximum Gasteiger partial charge on any atom is 0.262 e. The van der Waals surface area contributed by atoms with E-state index < -0.39 is 0 Å². The van der Waals surface area contributed by atoms with Crippen molar-refractivity contribution >= 4 is 11.6 Å². The van der Waals surface area contributed by atoms with Gasteiger partial charge in [0.1, 0.15) is 5.75 Å². The zero-order valence-electron chi connectivity index (χ0n) is 10.9. The van der Waals surface area contributed by atoms with E-state index in [0.717, 1.165) is 18.6 Å². The van der Waals surface area contributed by atoms with Crippen molar-refractivity contribution in [1.82, 2.24) is 0 Å². The Kier molecular flexibility index (Phi) is 3.16. The molecule has 5 nitrogen and oxygen atoms in total. The van der Waals surface area contributed by atoms with Crippen molar-refractivity contribution < 1.29 is 14.3 Å². The molecule has 3 N–H and O–H groups in total. The van der Waals surface area contributed by atoms with Crippen LogP contribution in [0, 0.1) is 5.92 Å². The topological polar surface area (TPSA) is 73.6 Å². The van der Waals surface area contributed by atoms with E-state index in [4.69, 9.17) is 15.2 Å². The second-order valence-electron chi connectivity index (χ2n) is 5.22. The van der Waals surface area contributed by atoms with E-state index in [0.29, 0.717) is 17.4 Å². The Morgan fingerprint density at radius 3 is 3.05 bits per heavy atom. The summed E-state index contributed by atoms with van der Waals surface area (Å²) in [6, 6.07) is 5.49. The maximum atomic E-state index is 11.3. The number of carbonyl (C=O) groups excluding carboxylic acids is 1. The van der Waals surface area contributed by atoms with Crippen LogP contribution in [0.4, 0.5) is 5.69 Å². The second-order valence-corrected chi connectivity index (χ2v) is 5.22. The number of carbonyl (C=O) groups is 1. The molecule has 2 aliphatic heterocycles. The highest BCUT2D eigenvalue weighted by Crippen LogP contribution is 2.34. The zero-order valence-corrected chi connectivity index (χ0v) is 10.9. The van der Waals surface area contributed by atoms with Gasteiger partial charge in [-0.2, -0.15) is 0 Å². The molecular formula is C14H18N2O3. The fraction of sp³-hybridized carbons (Fsp3) is 0.500. The van der Waals surface area contributed by atoms with Crippen molar-refractivity contribution in [2.75, 3.05) is 18.5 Å². The largest absolute Gasteiger partial charge is 0.482 e. The number of anilines is 1. The van der Waals surface area contributed by atoms with Crippen LogP contribution in [0.5, 0.6) is 5.75 Å². The van der Waals surface area contributed by atoms with E-state index in [9.17, 15) is 4.79 Å². The molecule has 5 heteroatoms. The maximum absolute atomic E-state index is 11.3. The Morgan fingerprint density at radius 2 is 2.32 bits per heavy atom. The smallest absolute Gasteiger partial charge is 0.262 e. The van der Waals surface area contributed by atoms with Crippen molar-refractivity contribution in [1.29, 1.82) is 0 Å². The first-order chi connectivity index (χ1) is 9.15. The minimum Gasteiger partial charge on any atom is -0.482 e. The highest BCUT2D eigenvalue weighted by molar-refractivity contribution is 5.95. The minimum absolute atomic E-state index is 0.0401. The standard InChI is InChI=1S/C14H18N2O3/c1-8-4-5-18-14(8)13(15)9-2-3-11-10(6-9)16-12(17)7-19-11/h2-3,6,8,13-14H,4-5,7,15H2,1H3,(H,16,17). The summed E-state index contributed by atoms with van der Waals surface area (Å²) in [5.41, 5.74) is 7.93. The van der Waals surface area contributed by atoms with Crippen LogP contribution in [0.1, 0.15) is 24.9 Å². The molecule has 102 valence electrons. The number of benzene rings is 1. The molecule has 3 atom stereocenters. The fourth-order valence-electron chi connectivity index (χ4n) is 2.67. The Morgan fingerprint density at radius 1 is 1.47 bits per heavy atom. The van der Waals surface area contributed by atoms with Crippen LogP contribution in [0.25, 0.3) is 0 Å². The molecule has 1 amide bonds. The van der Waals surface area contributed by atoms with Crippen molar-refractivity contribution in [3.8, 4) is 5.75 Å². The number of hydrogen-bond acceptors (Lipinski definition) is 4. The van der Waals surface area contributed by atoms with Gasteiger partial charge in [0, 0.05) is 6.61 Å². The van der Waals surface area contributed by atoms with E-state index in [1.807, 2.05) is 18.2 Å². The summed E-state index contributed by atoms with van der Waals surface area (Å²) in [6.07, 6.45) is 1.08. The van der Waals surface area contributed by atoms with Gasteiger partial charge in [-0.1, -0.05) is 13.0 Å². The summed E-state index contributed by atoms with van der Waals surface area (Å²) in [6.45, 7) is 2.99. The summed E-state index contributed by atoms with van der Waals surface area (Å²) < 4.78 is 11.0. The summed E-state index contributed by atoms with van der Waals surface area (Å²) in [7, 11) is 0. The lowest BCUT2D eigenvalue weighted by atomic mass is 9.93. The highest BCUT2D eigenvalue weighted by Gasteiger charge is 2.31. The van der Waals surface area contributed by atoms with Crippen molar-refractivity contribution in [3.63, 3.8) is 0 Å². The van der Waals surface area contributed by atoms with Gasteiger partial charge in [0.2, 0.25) is 0 Å². The molecule has 1 saturated heterocycles. The summed E-state index contributed by atoms with van der Waals surface area (Å²) in [4.78, 5) is 11.3. The zero-order chi connectivity index (χ0) is 13.4. The van der Waals surface area contributed by atoms with Gasteiger partial charge in [-0.25, -0.2) is 0 Å². The SMILES string of the molecule is CC1CCOC1C(N)c1ccc2c(c1)NC(=O)CO2. The molecule has 19 heavy (non-hydrogen) atoms. The molecule has 3 unspecified atom stereocenters. The first-order valence-corrected chi connectivity index (χ1v) is 6.59.